The van der Waals surface area contributed by atoms with Gasteiger partial charge in [0.2, 0.25) is 0 Å². The van der Waals surface area contributed by atoms with Gasteiger partial charge in [0.1, 0.15) is 5.82 Å². The molecule has 0 bridgehead atoms. The van der Waals surface area contributed by atoms with Crippen molar-refractivity contribution in [1.82, 2.24) is 9.55 Å². The van der Waals surface area contributed by atoms with Crippen LogP contribution in [0, 0.1) is 0 Å². The Balaban J connectivity index is 2.19. The van der Waals surface area contributed by atoms with Crippen molar-refractivity contribution < 1.29 is 14.3 Å². The van der Waals surface area contributed by atoms with Crippen LogP contribution in [0.4, 0.5) is 5.82 Å². The van der Waals surface area contributed by atoms with Gasteiger partial charge < -0.3 is 19.4 Å². The molecule has 1 aliphatic heterocycles. The lowest BCUT2D eigenvalue weighted by Gasteiger charge is -2.17. The van der Waals surface area contributed by atoms with Gasteiger partial charge in [-0.1, -0.05) is 0 Å². The Morgan fingerprint density at radius 3 is 3.18 bits per heavy atom. The molecule has 2 aromatic heterocycles. The van der Waals surface area contributed by atoms with Crippen LogP contribution in [0.5, 0.6) is 0 Å². The number of aromatic carboxylic acids is 1. The standard InChI is InChI=1S/C11H11N3O3/c15-11(16)8-10-12-4-2-5-14(10)9(13-8)7-3-1-6-17-7/h1,3,6,12H,2,4-5H2,(H,15,16). The van der Waals surface area contributed by atoms with Crippen LogP contribution in [-0.2, 0) is 6.54 Å². The average Bonchev–Trinajstić information content (AvgIpc) is 2.95. The Kier molecular flexibility index (Phi) is 2.14. The topological polar surface area (TPSA) is 80.3 Å². The van der Waals surface area contributed by atoms with E-state index >= 15 is 0 Å². The summed E-state index contributed by atoms with van der Waals surface area (Å²) in [6.45, 7) is 1.52. The molecule has 2 aromatic rings. The van der Waals surface area contributed by atoms with Crippen molar-refractivity contribution >= 4 is 11.8 Å². The number of carbonyl (C=O) groups is 1. The number of nitrogens with zero attached hydrogens (tertiary/aromatic N) is 2. The SMILES string of the molecule is O=C(O)c1nc(-c2ccco2)n2c1NCCC2. The van der Waals surface area contributed by atoms with Crippen LogP contribution >= 0.6 is 0 Å². The Morgan fingerprint density at radius 1 is 1.59 bits per heavy atom. The van der Waals surface area contributed by atoms with E-state index in [4.69, 9.17) is 9.52 Å². The second-order valence-electron chi connectivity index (χ2n) is 3.85. The molecule has 0 unspecified atom stereocenters. The van der Waals surface area contributed by atoms with Crippen molar-refractivity contribution in [3.63, 3.8) is 0 Å². The van der Waals surface area contributed by atoms with Gasteiger partial charge in [-0.3, -0.25) is 0 Å². The third-order valence-corrected chi connectivity index (χ3v) is 2.76. The molecule has 17 heavy (non-hydrogen) atoms. The predicted molar refractivity (Wildman–Crippen MR) is 60.0 cm³/mol. The lowest BCUT2D eigenvalue weighted by molar-refractivity contribution is 0.0692. The van der Waals surface area contributed by atoms with Crippen LogP contribution in [0.15, 0.2) is 22.8 Å². The maximum Gasteiger partial charge on any atom is 0.358 e. The smallest absolute Gasteiger partial charge is 0.358 e. The fourth-order valence-electron chi connectivity index (χ4n) is 2.04. The Bertz CT molecular complexity index is 557. The van der Waals surface area contributed by atoms with Gasteiger partial charge in [0.15, 0.2) is 17.3 Å². The van der Waals surface area contributed by atoms with E-state index in [2.05, 4.69) is 10.3 Å². The van der Waals surface area contributed by atoms with Gasteiger partial charge in [-0.05, 0) is 18.6 Å². The molecular formula is C11H11N3O3. The molecule has 6 nitrogen and oxygen atoms in total. The first-order valence-corrected chi connectivity index (χ1v) is 5.39. The molecule has 0 amide bonds. The minimum atomic E-state index is -1.03. The number of carboxylic acid groups (broad SMARTS) is 1. The molecule has 0 atom stereocenters. The second-order valence-corrected chi connectivity index (χ2v) is 3.85. The fourth-order valence-corrected chi connectivity index (χ4v) is 2.04. The van der Waals surface area contributed by atoms with Crippen molar-refractivity contribution in [2.45, 2.75) is 13.0 Å². The fraction of sp³-hybridized carbons (Fsp3) is 0.273. The zero-order valence-electron chi connectivity index (χ0n) is 9.01. The number of hydrogen-bond donors (Lipinski definition) is 2. The summed E-state index contributed by atoms with van der Waals surface area (Å²) in [5, 5.41) is 12.2. The number of imidazole rings is 1. The molecule has 0 saturated carbocycles. The van der Waals surface area contributed by atoms with Crippen LogP contribution < -0.4 is 5.32 Å². The third kappa shape index (κ3) is 1.49. The number of aromatic nitrogens is 2. The lowest BCUT2D eigenvalue weighted by atomic mass is 10.3. The highest BCUT2D eigenvalue weighted by Gasteiger charge is 2.25. The van der Waals surface area contributed by atoms with Gasteiger partial charge in [-0.15, -0.1) is 0 Å². The molecule has 0 spiro atoms. The molecule has 6 heteroatoms. The molecule has 0 radical (unpaired) electrons. The van der Waals surface area contributed by atoms with E-state index < -0.39 is 5.97 Å². The molecule has 88 valence electrons. The average molecular weight is 233 g/mol. The Hall–Kier alpha value is -2.24. The number of nitrogens with one attached hydrogen (secondary N) is 1. The van der Waals surface area contributed by atoms with Gasteiger partial charge >= 0.3 is 5.97 Å². The summed E-state index contributed by atoms with van der Waals surface area (Å²) < 4.78 is 7.13. The van der Waals surface area contributed by atoms with E-state index in [0.29, 0.717) is 17.4 Å². The van der Waals surface area contributed by atoms with Crippen LogP contribution in [0.1, 0.15) is 16.9 Å². The first-order chi connectivity index (χ1) is 8.27. The Labute approximate surface area is 96.9 Å². The number of furan rings is 1. The summed E-state index contributed by atoms with van der Waals surface area (Å²) in [4.78, 5) is 15.3. The van der Waals surface area contributed by atoms with Gasteiger partial charge in [0.05, 0.1) is 6.26 Å². The highest BCUT2D eigenvalue weighted by molar-refractivity contribution is 5.92. The van der Waals surface area contributed by atoms with Crippen LogP contribution in [0.25, 0.3) is 11.6 Å². The van der Waals surface area contributed by atoms with Crippen molar-refractivity contribution in [3.05, 3.63) is 24.1 Å². The molecule has 0 fully saturated rings. The van der Waals surface area contributed by atoms with Gasteiger partial charge in [0, 0.05) is 13.1 Å². The van der Waals surface area contributed by atoms with Crippen molar-refractivity contribution in [2.24, 2.45) is 0 Å². The van der Waals surface area contributed by atoms with E-state index in [0.717, 1.165) is 19.5 Å². The minimum absolute atomic E-state index is 0.0519. The number of hydrogen-bond acceptors (Lipinski definition) is 4. The minimum Gasteiger partial charge on any atom is -0.476 e. The van der Waals surface area contributed by atoms with Crippen molar-refractivity contribution in [2.75, 3.05) is 11.9 Å². The van der Waals surface area contributed by atoms with Crippen molar-refractivity contribution in [3.8, 4) is 11.6 Å². The molecule has 2 N–H and O–H groups in total. The molecule has 1 aliphatic rings. The molecule has 3 heterocycles. The summed E-state index contributed by atoms with van der Waals surface area (Å²) in [6.07, 6.45) is 2.49. The number of anilines is 1. The van der Waals surface area contributed by atoms with Gasteiger partial charge in [0.25, 0.3) is 0 Å². The van der Waals surface area contributed by atoms with Gasteiger partial charge in [-0.2, -0.15) is 0 Å². The highest BCUT2D eigenvalue weighted by Crippen LogP contribution is 2.28. The van der Waals surface area contributed by atoms with E-state index in [1.807, 2.05) is 4.57 Å². The lowest BCUT2D eigenvalue weighted by Crippen LogP contribution is -2.18. The third-order valence-electron chi connectivity index (χ3n) is 2.76. The molecule has 3 rings (SSSR count). The summed E-state index contributed by atoms with van der Waals surface area (Å²) in [5.41, 5.74) is 0.0519. The first kappa shape index (κ1) is 9.95. The first-order valence-electron chi connectivity index (χ1n) is 5.39. The Morgan fingerprint density at radius 2 is 2.47 bits per heavy atom. The molecule has 0 saturated heterocycles. The maximum atomic E-state index is 11.1. The second kappa shape index (κ2) is 3.65. The van der Waals surface area contributed by atoms with Crippen molar-refractivity contribution in [1.29, 1.82) is 0 Å². The summed E-state index contributed by atoms with van der Waals surface area (Å²) >= 11 is 0. The normalized spacial score (nSPS) is 14.1. The van der Waals surface area contributed by atoms with E-state index in [9.17, 15) is 4.79 Å². The zero-order chi connectivity index (χ0) is 11.8. The zero-order valence-corrected chi connectivity index (χ0v) is 9.01. The predicted octanol–water partition coefficient (Wildman–Crippen LogP) is 1.66. The molecular weight excluding hydrogens is 222 g/mol. The summed E-state index contributed by atoms with van der Waals surface area (Å²) in [7, 11) is 0. The van der Waals surface area contributed by atoms with Crippen LogP contribution in [0.3, 0.4) is 0 Å². The number of carboxylic acids is 1. The quantitative estimate of drug-likeness (QED) is 0.824. The monoisotopic (exact) mass is 233 g/mol. The van der Waals surface area contributed by atoms with Crippen LogP contribution in [0.2, 0.25) is 0 Å². The number of fused-ring (bicyclic) bond motifs is 1. The number of rotatable bonds is 2. The van der Waals surface area contributed by atoms with E-state index in [1.54, 1.807) is 18.4 Å². The van der Waals surface area contributed by atoms with Crippen LogP contribution in [-0.4, -0.2) is 27.2 Å². The van der Waals surface area contributed by atoms with Gasteiger partial charge in [-0.25, -0.2) is 9.78 Å². The highest BCUT2D eigenvalue weighted by atomic mass is 16.4. The summed E-state index contributed by atoms with van der Waals surface area (Å²) in [6, 6.07) is 3.53. The molecule has 0 aromatic carbocycles. The van der Waals surface area contributed by atoms with E-state index in [-0.39, 0.29) is 5.69 Å². The summed E-state index contributed by atoms with van der Waals surface area (Å²) in [5.74, 6) is 0.688. The maximum absolute atomic E-state index is 11.1. The van der Waals surface area contributed by atoms with E-state index in [1.165, 1.54) is 0 Å². The largest absolute Gasteiger partial charge is 0.476 e. The molecule has 0 aliphatic carbocycles.